The van der Waals surface area contributed by atoms with Crippen molar-refractivity contribution in [2.45, 2.75) is 44.8 Å². The predicted molar refractivity (Wildman–Crippen MR) is 64.3 cm³/mol. The lowest BCUT2D eigenvalue weighted by Crippen LogP contribution is -2.31. The van der Waals surface area contributed by atoms with Crippen molar-refractivity contribution in [3.05, 3.63) is 0 Å². The molecule has 0 aliphatic carbocycles. The van der Waals surface area contributed by atoms with Gasteiger partial charge in [-0.25, -0.2) is 0 Å². The van der Waals surface area contributed by atoms with Gasteiger partial charge in [0.05, 0.1) is 0 Å². The summed E-state index contributed by atoms with van der Waals surface area (Å²) in [5.74, 6) is 0. The molecule has 0 aliphatic rings. The highest BCUT2D eigenvalue weighted by Gasteiger charge is 2.21. The fraction of sp³-hybridized carbons (Fsp3) is 1.00. The van der Waals surface area contributed by atoms with E-state index in [2.05, 4.69) is 32.7 Å². The standard InChI is InChI=1S/C8H22O2Si3/c1-9-13(5,6)8-7-11-10-12(2,3)4/h7-8H2,1-6H3. The van der Waals surface area contributed by atoms with Crippen LogP contribution in [0.25, 0.3) is 0 Å². The van der Waals surface area contributed by atoms with Gasteiger partial charge in [0.25, 0.3) is 0 Å². The van der Waals surface area contributed by atoms with E-state index in [9.17, 15) is 0 Å². The molecule has 0 unspecified atom stereocenters. The first-order valence-electron chi connectivity index (χ1n) is 4.73. The third-order valence-electron chi connectivity index (χ3n) is 1.76. The van der Waals surface area contributed by atoms with Gasteiger partial charge in [0.15, 0.2) is 16.6 Å². The molecule has 0 rings (SSSR count). The SMILES string of the molecule is CO[Si](C)(C)CC[Si]O[Si](C)(C)C. The molecular weight excluding hydrogens is 212 g/mol. The number of hydrogen-bond acceptors (Lipinski definition) is 2. The second kappa shape index (κ2) is 5.45. The monoisotopic (exact) mass is 234 g/mol. The first-order valence-corrected chi connectivity index (χ1v) is 12.4. The maximum atomic E-state index is 5.80. The molecule has 0 heterocycles. The van der Waals surface area contributed by atoms with Crippen LogP contribution in [0.2, 0.25) is 44.8 Å². The Kier molecular flexibility index (Phi) is 5.69. The summed E-state index contributed by atoms with van der Waals surface area (Å²) < 4.78 is 11.3. The van der Waals surface area contributed by atoms with Crippen molar-refractivity contribution in [3.8, 4) is 0 Å². The Morgan fingerprint density at radius 3 is 2.00 bits per heavy atom. The Morgan fingerprint density at radius 1 is 1.08 bits per heavy atom. The normalized spacial score (nSPS) is 13.4. The molecular formula is C8H22O2Si3. The first kappa shape index (κ1) is 13.6. The Bertz CT molecular complexity index is 143. The molecule has 78 valence electrons. The molecule has 0 aliphatic heterocycles. The summed E-state index contributed by atoms with van der Waals surface area (Å²) in [5.41, 5.74) is 0. The zero-order valence-corrected chi connectivity index (χ0v) is 12.7. The van der Waals surface area contributed by atoms with Gasteiger partial charge in [-0.1, -0.05) is 0 Å². The zero-order chi connectivity index (χ0) is 10.5. The van der Waals surface area contributed by atoms with Gasteiger partial charge in [0.1, 0.15) is 0 Å². The van der Waals surface area contributed by atoms with Crippen LogP contribution in [-0.4, -0.2) is 33.5 Å². The van der Waals surface area contributed by atoms with Crippen LogP contribution >= 0.6 is 0 Å². The van der Waals surface area contributed by atoms with E-state index < -0.39 is 16.6 Å². The van der Waals surface area contributed by atoms with Crippen LogP contribution in [-0.2, 0) is 8.54 Å². The molecule has 13 heavy (non-hydrogen) atoms. The van der Waals surface area contributed by atoms with Gasteiger partial charge in [-0.15, -0.1) is 0 Å². The Morgan fingerprint density at radius 2 is 1.62 bits per heavy atom. The number of hydrogen-bond donors (Lipinski definition) is 0. The van der Waals surface area contributed by atoms with E-state index in [0.717, 1.165) is 0 Å². The van der Waals surface area contributed by atoms with Crippen molar-refractivity contribution in [2.24, 2.45) is 0 Å². The Labute approximate surface area is 87.2 Å². The average Bonchev–Trinajstić information content (AvgIpc) is 1.97. The van der Waals surface area contributed by atoms with E-state index in [4.69, 9.17) is 8.54 Å². The van der Waals surface area contributed by atoms with E-state index in [-0.39, 0.29) is 0 Å². The molecule has 0 fully saturated rings. The van der Waals surface area contributed by atoms with Gasteiger partial charge < -0.3 is 8.54 Å². The van der Waals surface area contributed by atoms with Crippen LogP contribution in [0.3, 0.4) is 0 Å². The molecule has 2 radical (unpaired) electrons. The molecule has 0 aromatic carbocycles. The van der Waals surface area contributed by atoms with Crippen molar-refractivity contribution in [3.63, 3.8) is 0 Å². The Balaban J connectivity index is 3.47. The minimum absolute atomic E-state index is 0.677. The van der Waals surface area contributed by atoms with Crippen LogP contribution < -0.4 is 0 Å². The molecule has 5 heteroatoms. The zero-order valence-electron chi connectivity index (χ0n) is 9.73. The highest BCUT2D eigenvalue weighted by Crippen LogP contribution is 2.13. The minimum Gasteiger partial charge on any atom is -0.456 e. The van der Waals surface area contributed by atoms with Crippen LogP contribution in [0.4, 0.5) is 0 Å². The lowest BCUT2D eigenvalue weighted by molar-refractivity contribution is 0.404. The molecule has 0 spiro atoms. The third-order valence-corrected chi connectivity index (χ3v) is 8.30. The predicted octanol–water partition coefficient (Wildman–Crippen LogP) is 2.73. The summed E-state index contributed by atoms with van der Waals surface area (Å²) in [7, 11) is -0.103. The van der Waals surface area contributed by atoms with Crippen LogP contribution in [0.1, 0.15) is 0 Å². The summed E-state index contributed by atoms with van der Waals surface area (Å²) >= 11 is 0. The second-order valence-corrected chi connectivity index (χ2v) is 15.1. The molecule has 0 amide bonds. The molecule has 0 bridgehead atoms. The fourth-order valence-corrected chi connectivity index (χ4v) is 5.88. The van der Waals surface area contributed by atoms with Gasteiger partial charge in [-0.05, 0) is 44.8 Å². The molecule has 0 N–H and O–H groups in total. The summed E-state index contributed by atoms with van der Waals surface area (Å²) in [5, 5.41) is 0. The van der Waals surface area contributed by atoms with E-state index in [1.807, 2.05) is 7.11 Å². The highest BCUT2D eigenvalue weighted by molar-refractivity contribution is 6.75. The van der Waals surface area contributed by atoms with Gasteiger partial charge in [-0.3, -0.25) is 0 Å². The quantitative estimate of drug-likeness (QED) is 0.520. The van der Waals surface area contributed by atoms with Crippen LogP contribution in [0, 0.1) is 0 Å². The second-order valence-electron chi connectivity index (χ2n) is 4.82. The molecule has 0 saturated carbocycles. The first-order chi connectivity index (χ1) is 5.77. The van der Waals surface area contributed by atoms with Crippen LogP contribution in [0.5, 0.6) is 0 Å². The summed E-state index contributed by atoms with van der Waals surface area (Å²) in [6.45, 7) is 11.2. The van der Waals surface area contributed by atoms with E-state index in [0.29, 0.717) is 9.76 Å². The smallest absolute Gasteiger partial charge is 0.214 e. The van der Waals surface area contributed by atoms with Crippen molar-refractivity contribution < 1.29 is 8.54 Å². The summed E-state index contributed by atoms with van der Waals surface area (Å²) in [6.07, 6.45) is 0. The van der Waals surface area contributed by atoms with Gasteiger partial charge >= 0.3 is 0 Å². The molecule has 0 aromatic heterocycles. The fourth-order valence-electron chi connectivity index (χ4n) is 0.722. The number of rotatable bonds is 6. The van der Waals surface area contributed by atoms with E-state index in [1.54, 1.807) is 0 Å². The Hall–Kier alpha value is 0.571. The van der Waals surface area contributed by atoms with Crippen molar-refractivity contribution in [1.82, 2.24) is 0 Å². The van der Waals surface area contributed by atoms with Crippen LogP contribution in [0.15, 0.2) is 0 Å². The van der Waals surface area contributed by atoms with Crippen molar-refractivity contribution >= 4 is 26.4 Å². The molecule has 0 aromatic rings. The van der Waals surface area contributed by atoms with Crippen molar-refractivity contribution in [1.29, 1.82) is 0 Å². The van der Waals surface area contributed by atoms with E-state index in [1.165, 1.54) is 12.1 Å². The van der Waals surface area contributed by atoms with Gasteiger partial charge in [0, 0.05) is 7.11 Å². The highest BCUT2D eigenvalue weighted by atomic mass is 28.4. The minimum atomic E-state index is -1.33. The van der Waals surface area contributed by atoms with Gasteiger partial charge in [-0.2, -0.15) is 0 Å². The lowest BCUT2D eigenvalue weighted by Gasteiger charge is -2.21. The topological polar surface area (TPSA) is 18.5 Å². The van der Waals surface area contributed by atoms with Gasteiger partial charge in [0.2, 0.25) is 9.76 Å². The third kappa shape index (κ3) is 8.89. The van der Waals surface area contributed by atoms with E-state index >= 15 is 0 Å². The summed E-state index contributed by atoms with van der Waals surface area (Å²) in [6, 6.07) is 2.39. The maximum absolute atomic E-state index is 5.80. The largest absolute Gasteiger partial charge is 0.456 e. The molecule has 0 saturated heterocycles. The average molecular weight is 235 g/mol. The van der Waals surface area contributed by atoms with Crippen molar-refractivity contribution in [2.75, 3.05) is 7.11 Å². The molecule has 0 atom stereocenters. The maximum Gasteiger partial charge on any atom is 0.214 e. The lowest BCUT2D eigenvalue weighted by atomic mass is 10.9. The molecule has 2 nitrogen and oxygen atoms in total. The summed E-state index contributed by atoms with van der Waals surface area (Å²) in [4.78, 5) is 0.